The number of carbonyl (C=O) groups is 1. The fourth-order valence-corrected chi connectivity index (χ4v) is 1.46. The van der Waals surface area contributed by atoms with Crippen LogP contribution < -0.4 is 16.0 Å². The molecule has 0 aliphatic rings. The van der Waals surface area contributed by atoms with Gasteiger partial charge >= 0.3 is 0 Å². The molecule has 0 saturated carbocycles. The van der Waals surface area contributed by atoms with Crippen molar-refractivity contribution >= 4 is 17.8 Å². The van der Waals surface area contributed by atoms with Crippen molar-refractivity contribution in [2.24, 2.45) is 0 Å². The number of anilines is 2. The predicted octanol–water partition coefficient (Wildman–Crippen LogP) is -0.353. The molecule has 0 spiro atoms. The van der Waals surface area contributed by atoms with E-state index in [0.717, 1.165) is 0 Å². The second-order valence-electron chi connectivity index (χ2n) is 3.85. The molecule has 0 saturated heterocycles. The van der Waals surface area contributed by atoms with E-state index < -0.39 is 0 Å². The molecule has 0 unspecified atom stereocenters. The van der Waals surface area contributed by atoms with E-state index in [2.05, 4.69) is 35.9 Å². The van der Waals surface area contributed by atoms with E-state index in [9.17, 15) is 4.79 Å². The first-order valence-corrected chi connectivity index (χ1v) is 6.09. The van der Waals surface area contributed by atoms with E-state index in [1.165, 1.54) is 0 Å². The van der Waals surface area contributed by atoms with Gasteiger partial charge in [0.15, 0.2) is 0 Å². The molecule has 9 heteroatoms. The normalized spacial score (nSPS) is 10.1. The van der Waals surface area contributed by atoms with Crippen LogP contribution in [0.15, 0.2) is 18.7 Å². The molecular weight excluding hydrogens is 260 g/mol. The Morgan fingerprint density at radius 3 is 2.70 bits per heavy atom. The first kappa shape index (κ1) is 13.7. The second-order valence-corrected chi connectivity index (χ2v) is 3.85. The quantitative estimate of drug-likeness (QED) is 0.661. The highest BCUT2D eigenvalue weighted by molar-refractivity contribution is 5.75. The highest BCUT2D eigenvalue weighted by atomic mass is 16.1. The van der Waals surface area contributed by atoms with E-state index in [1.807, 2.05) is 0 Å². The van der Waals surface area contributed by atoms with Gasteiger partial charge < -0.3 is 16.0 Å². The number of nitrogens with one attached hydrogen (secondary N) is 3. The van der Waals surface area contributed by atoms with Crippen LogP contribution in [0.2, 0.25) is 0 Å². The highest BCUT2D eigenvalue weighted by Gasteiger charge is 2.07. The van der Waals surface area contributed by atoms with Crippen molar-refractivity contribution in [3.8, 4) is 5.95 Å². The summed E-state index contributed by atoms with van der Waals surface area (Å²) in [4.78, 5) is 27.8. The lowest BCUT2D eigenvalue weighted by molar-refractivity contribution is -0.120. The molecule has 2 aromatic heterocycles. The summed E-state index contributed by atoms with van der Waals surface area (Å²) in [6, 6.07) is 0. The Labute approximate surface area is 115 Å². The Morgan fingerprint density at radius 2 is 2.05 bits per heavy atom. The molecule has 0 radical (unpaired) electrons. The van der Waals surface area contributed by atoms with Gasteiger partial charge in [-0.2, -0.15) is 15.0 Å². The van der Waals surface area contributed by atoms with Crippen molar-refractivity contribution in [3.05, 3.63) is 18.7 Å². The maximum Gasteiger partial charge on any atom is 0.241 e. The zero-order valence-corrected chi connectivity index (χ0v) is 11.3. The summed E-state index contributed by atoms with van der Waals surface area (Å²) in [5.41, 5.74) is 0. The lowest BCUT2D eigenvalue weighted by Crippen LogP contribution is -2.21. The number of imidazole rings is 1. The molecule has 1 amide bonds. The largest absolute Gasteiger partial charge is 0.359 e. The molecule has 20 heavy (non-hydrogen) atoms. The van der Waals surface area contributed by atoms with Crippen molar-refractivity contribution in [1.29, 1.82) is 0 Å². The fourth-order valence-electron chi connectivity index (χ4n) is 1.46. The predicted molar refractivity (Wildman–Crippen MR) is 73.7 cm³/mol. The van der Waals surface area contributed by atoms with Gasteiger partial charge in [0, 0.05) is 39.5 Å². The minimum Gasteiger partial charge on any atom is -0.359 e. The van der Waals surface area contributed by atoms with Crippen molar-refractivity contribution in [2.75, 3.05) is 31.3 Å². The van der Waals surface area contributed by atoms with Crippen LogP contribution in [-0.4, -0.2) is 51.1 Å². The van der Waals surface area contributed by atoms with Crippen LogP contribution in [0.25, 0.3) is 5.95 Å². The van der Waals surface area contributed by atoms with Crippen LogP contribution in [-0.2, 0) is 4.79 Å². The maximum absolute atomic E-state index is 11.1. The lowest BCUT2D eigenvalue weighted by Gasteiger charge is -2.08. The number of rotatable bonds is 6. The summed E-state index contributed by atoms with van der Waals surface area (Å²) < 4.78 is 1.67. The summed E-state index contributed by atoms with van der Waals surface area (Å²) in [5.74, 6) is 1.24. The van der Waals surface area contributed by atoms with E-state index in [4.69, 9.17) is 0 Å². The summed E-state index contributed by atoms with van der Waals surface area (Å²) in [7, 11) is 3.32. The SMILES string of the molecule is CNC(=O)CCNc1nc(NC)nc(-n2ccnc2)n1. The molecule has 3 N–H and O–H groups in total. The van der Waals surface area contributed by atoms with E-state index >= 15 is 0 Å². The first-order chi connectivity index (χ1) is 9.72. The Balaban J connectivity index is 2.12. The number of nitrogens with zero attached hydrogens (tertiary/aromatic N) is 5. The molecule has 9 nitrogen and oxygen atoms in total. The van der Waals surface area contributed by atoms with Gasteiger partial charge in [-0.1, -0.05) is 0 Å². The van der Waals surface area contributed by atoms with Crippen LogP contribution in [0.4, 0.5) is 11.9 Å². The number of amides is 1. The zero-order chi connectivity index (χ0) is 14.4. The fraction of sp³-hybridized carbons (Fsp3) is 0.364. The second kappa shape index (κ2) is 6.45. The molecule has 2 rings (SSSR count). The maximum atomic E-state index is 11.1. The molecule has 0 atom stereocenters. The van der Waals surface area contributed by atoms with E-state index in [1.54, 1.807) is 37.4 Å². The molecule has 2 aromatic rings. The van der Waals surface area contributed by atoms with Gasteiger partial charge in [0.05, 0.1) is 0 Å². The van der Waals surface area contributed by atoms with Crippen LogP contribution in [0.5, 0.6) is 0 Å². The van der Waals surface area contributed by atoms with Crippen LogP contribution >= 0.6 is 0 Å². The van der Waals surface area contributed by atoms with Gasteiger partial charge in [-0.3, -0.25) is 9.36 Å². The van der Waals surface area contributed by atoms with Gasteiger partial charge in [-0.05, 0) is 0 Å². The van der Waals surface area contributed by atoms with Crippen molar-refractivity contribution in [1.82, 2.24) is 29.8 Å². The van der Waals surface area contributed by atoms with Crippen molar-refractivity contribution in [2.45, 2.75) is 6.42 Å². The van der Waals surface area contributed by atoms with Gasteiger partial charge in [0.1, 0.15) is 6.33 Å². The van der Waals surface area contributed by atoms with E-state index in [0.29, 0.717) is 30.8 Å². The number of hydrogen-bond donors (Lipinski definition) is 3. The lowest BCUT2D eigenvalue weighted by atomic mass is 10.4. The minimum absolute atomic E-state index is 0.0461. The van der Waals surface area contributed by atoms with Crippen molar-refractivity contribution in [3.63, 3.8) is 0 Å². The Kier molecular flexibility index (Phi) is 4.43. The monoisotopic (exact) mass is 276 g/mol. The number of carbonyl (C=O) groups excluding carboxylic acids is 1. The molecule has 106 valence electrons. The third-order valence-corrected chi connectivity index (χ3v) is 2.50. The van der Waals surface area contributed by atoms with Gasteiger partial charge in [0.2, 0.25) is 23.8 Å². The number of hydrogen-bond acceptors (Lipinski definition) is 7. The summed E-state index contributed by atoms with van der Waals surface area (Å²) in [5, 5.41) is 8.41. The average Bonchev–Trinajstić information content (AvgIpc) is 3.01. The van der Waals surface area contributed by atoms with Crippen LogP contribution in [0.1, 0.15) is 6.42 Å². The molecular formula is C11H16N8O. The zero-order valence-electron chi connectivity index (χ0n) is 11.3. The van der Waals surface area contributed by atoms with Gasteiger partial charge in [-0.25, -0.2) is 4.98 Å². The Hall–Kier alpha value is -2.71. The highest BCUT2D eigenvalue weighted by Crippen LogP contribution is 2.08. The Morgan fingerprint density at radius 1 is 1.25 bits per heavy atom. The van der Waals surface area contributed by atoms with E-state index in [-0.39, 0.29) is 5.91 Å². The van der Waals surface area contributed by atoms with Crippen molar-refractivity contribution < 1.29 is 4.79 Å². The summed E-state index contributed by atoms with van der Waals surface area (Å²) in [6.07, 6.45) is 5.32. The molecule has 0 aromatic carbocycles. The molecule has 0 aliphatic carbocycles. The first-order valence-electron chi connectivity index (χ1n) is 6.09. The third kappa shape index (κ3) is 3.40. The van der Waals surface area contributed by atoms with Gasteiger partial charge in [0.25, 0.3) is 0 Å². The minimum atomic E-state index is -0.0461. The Bertz CT molecular complexity index is 568. The van der Waals surface area contributed by atoms with Crippen LogP contribution in [0, 0.1) is 0 Å². The molecule has 0 aliphatic heterocycles. The molecule has 0 fully saturated rings. The van der Waals surface area contributed by atoms with Crippen LogP contribution in [0.3, 0.4) is 0 Å². The smallest absolute Gasteiger partial charge is 0.241 e. The van der Waals surface area contributed by atoms with Gasteiger partial charge in [-0.15, -0.1) is 0 Å². The average molecular weight is 276 g/mol. The summed E-state index contributed by atoms with van der Waals surface area (Å²) in [6.45, 7) is 0.441. The standard InChI is InChI=1S/C11H16N8O/c1-12-8(20)3-4-15-10-16-9(13-2)17-11(18-10)19-6-5-14-7-19/h5-7H,3-4H2,1-2H3,(H,12,20)(H2,13,15,16,17,18). The topological polar surface area (TPSA) is 110 Å². The molecule has 0 bridgehead atoms. The summed E-state index contributed by atoms with van der Waals surface area (Å²) >= 11 is 0. The molecule has 2 heterocycles. The number of aromatic nitrogens is 5. The third-order valence-electron chi connectivity index (χ3n) is 2.50.